The molecule has 0 unspecified atom stereocenters. The molecule has 0 aliphatic heterocycles. The summed E-state index contributed by atoms with van der Waals surface area (Å²) in [7, 11) is 1.40. The first-order chi connectivity index (χ1) is 8.02. The van der Waals surface area contributed by atoms with E-state index >= 15 is 0 Å². The SMILES string of the molecule is CCCCn1c(O)c(C(N)=NC)c(=O)[nH]c1=O. The van der Waals surface area contributed by atoms with Crippen LogP contribution in [-0.2, 0) is 6.54 Å². The summed E-state index contributed by atoms with van der Waals surface area (Å²) in [6.45, 7) is 2.28. The fraction of sp³-hybridized carbons (Fsp3) is 0.500. The zero-order valence-electron chi connectivity index (χ0n) is 9.86. The lowest BCUT2D eigenvalue weighted by molar-refractivity contribution is 0.394. The zero-order valence-corrected chi connectivity index (χ0v) is 9.86. The Labute approximate surface area is 97.6 Å². The quantitative estimate of drug-likeness (QED) is 0.480. The van der Waals surface area contributed by atoms with Crippen molar-refractivity contribution in [2.45, 2.75) is 26.3 Å². The minimum absolute atomic E-state index is 0.103. The van der Waals surface area contributed by atoms with Crippen LogP contribution in [0.15, 0.2) is 14.6 Å². The Kier molecular flexibility index (Phi) is 4.08. The fourth-order valence-electron chi connectivity index (χ4n) is 1.43. The van der Waals surface area contributed by atoms with E-state index < -0.39 is 17.1 Å². The molecule has 4 N–H and O–H groups in total. The average Bonchev–Trinajstić information content (AvgIpc) is 2.28. The number of nitrogens with zero attached hydrogens (tertiary/aromatic N) is 2. The van der Waals surface area contributed by atoms with Gasteiger partial charge in [-0.05, 0) is 6.42 Å². The van der Waals surface area contributed by atoms with Crippen LogP contribution >= 0.6 is 0 Å². The molecule has 1 heterocycles. The Balaban J connectivity index is 3.43. The number of hydrogen-bond acceptors (Lipinski definition) is 4. The average molecular weight is 240 g/mol. The number of amidine groups is 1. The fourth-order valence-corrected chi connectivity index (χ4v) is 1.43. The van der Waals surface area contributed by atoms with Crippen molar-refractivity contribution in [3.63, 3.8) is 0 Å². The molecule has 0 aliphatic rings. The molecular formula is C10H16N4O3. The van der Waals surface area contributed by atoms with Crippen molar-refractivity contribution < 1.29 is 5.11 Å². The number of unbranched alkanes of at least 4 members (excludes halogenated alkanes) is 1. The van der Waals surface area contributed by atoms with Crippen molar-refractivity contribution in [1.82, 2.24) is 9.55 Å². The molecule has 1 rings (SSSR count). The predicted molar refractivity (Wildman–Crippen MR) is 64.5 cm³/mol. The second-order valence-electron chi connectivity index (χ2n) is 3.57. The van der Waals surface area contributed by atoms with E-state index in [1.807, 2.05) is 6.92 Å². The van der Waals surface area contributed by atoms with Gasteiger partial charge in [0.1, 0.15) is 11.4 Å². The molecule has 0 fully saturated rings. The molecule has 0 saturated heterocycles. The summed E-state index contributed by atoms with van der Waals surface area (Å²) in [4.78, 5) is 28.7. The van der Waals surface area contributed by atoms with Gasteiger partial charge in [-0.3, -0.25) is 19.3 Å². The van der Waals surface area contributed by atoms with Crippen LogP contribution in [0.25, 0.3) is 0 Å². The molecule has 94 valence electrons. The topological polar surface area (TPSA) is 113 Å². The maximum absolute atomic E-state index is 11.5. The highest BCUT2D eigenvalue weighted by atomic mass is 16.3. The highest BCUT2D eigenvalue weighted by molar-refractivity contribution is 5.98. The molecule has 1 aromatic rings. The standard InChI is InChI=1S/C10H16N4O3/c1-3-4-5-14-9(16)6(7(11)12-2)8(15)13-10(14)17/h16H,3-5H2,1-2H3,(H2,11,12)(H,13,15,17). The minimum atomic E-state index is -0.733. The Hall–Kier alpha value is -2.05. The Morgan fingerprint density at radius 1 is 1.53 bits per heavy atom. The van der Waals surface area contributed by atoms with Gasteiger partial charge in [-0.1, -0.05) is 13.3 Å². The number of nitrogens with two attached hydrogens (primary N) is 1. The first-order valence-corrected chi connectivity index (χ1v) is 5.31. The Bertz CT molecular complexity index is 541. The van der Waals surface area contributed by atoms with Gasteiger partial charge in [-0.25, -0.2) is 4.79 Å². The van der Waals surface area contributed by atoms with Crippen molar-refractivity contribution >= 4 is 5.84 Å². The molecule has 7 heteroatoms. The molecule has 0 atom stereocenters. The van der Waals surface area contributed by atoms with Crippen LogP contribution < -0.4 is 17.0 Å². The molecule has 0 aliphatic carbocycles. The van der Waals surface area contributed by atoms with Crippen LogP contribution in [-0.4, -0.2) is 27.5 Å². The van der Waals surface area contributed by atoms with Gasteiger partial charge in [0.05, 0.1) is 0 Å². The second-order valence-corrected chi connectivity index (χ2v) is 3.57. The van der Waals surface area contributed by atoms with Gasteiger partial charge in [0.2, 0.25) is 5.88 Å². The molecule has 0 radical (unpaired) electrons. The third-order valence-electron chi connectivity index (χ3n) is 2.40. The van der Waals surface area contributed by atoms with E-state index in [0.717, 1.165) is 11.0 Å². The molecule has 0 saturated carbocycles. The zero-order chi connectivity index (χ0) is 13.0. The third kappa shape index (κ3) is 2.55. The molecule has 0 spiro atoms. The normalized spacial score (nSPS) is 11.8. The number of H-pyrrole nitrogens is 1. The summed E-state index contributed by atoms with van der Waals surface area (Å²) in [5.41, 5.74) is 3.96. The van der Waals surface area contributed by atoms with Crippen molar-refractivity contribution in [3.05, 3.63) is 26.4 Å². The van der Waals surface area contributed by atoms with Crippen LogP contribution in [0, 0.1) is 0 Å². The summed E-state index contributed by atoms with van der Waals surface area (Å²) in [5, 5.41) is 9.86. The summed E-state index contributed by atoms with van der Waals surface area (Å²) in [6, 6.07) is 0. The van der Waals surface area contributed by atoms with Gasteiger partial charge in [-0.15, -0.1) is 0 Å². The maximum Gasteiger partial charge on any atom is 0.331 e. The highest BCUT2D eigenvalue weighted by Crippen LogP contribution is 2.10. The first kappa shape index (κ1) is 13.0. The number of hydrogen-bond donors (Lipinski definition) is 3. The lowest BCUT2D eigenvalue weighted by Crippen LogP contribution is -2.36. The van der Waals surface area contributed by atoms with Gasteiger partial charge in [0.25, 0.3) is 5.56 Å². The molecular weight excluding hydrogens is 224 g/mol. The van der Waals surface area contributed by atoms with Crippen LogP contribution in [0.1, 0.15) is 25.3 Å². The largest absolute Gasteiger partial charge is 0.494 e. The van der Waals surface area contributed by atoms with E-state index in [0.29, 0.717) is 13.0 Å². The smallest absolute Gasteiger partial charge is 0.331 e. The molecule has 17 heavy (non-hydrogen) atoms. The maximum atomic E-state index is 11.5. The lowest BCUT2D eigenvalue weighted by atomic mass is 10.2. The van der Waals surface area contributed by atoms with Gasteiger partial charge in [0, 0.05) is 13.6 Å². The van der Waals surface area contributed by atoms with Crippen molar-refractivity contribution in [3.8, 4) is 5.88 Å². The van der Waals surface area contributed by atoms with Gasteiger partial charge >= 0.3 is 5.69 Å². The van der Waals surface area contributed by atoms with Crippen molar-refractivity contribution in [1.29, 1.82) is 0 Å². The van der Waals surface area contributed by atoms with E-state index in [4.69, 9.17) is 5.73 Å². The number of aliphatic imine (C=N–C) groups is 1. The summed E-state index contributed by atoms with van der Waals surface area (Å²) in [5.74, 6) is -0.538. The number of aromatic nitrogens is 2. The summed E-state index contributed by atoms with van der Waals surface area (Å²) in [6.07, 6.45) is 1.57. The monoisotopic (exact) mass is 240 g/mol. The first-order valence-electron chi connectivity index (χ1n) is 5.31. The summed E-state index contributed by atoms with van der Waals surface area (Å²) >= 11 is 0. The number of rotatable bonds is 4. The van der Waals surface area contributed by atoms with Gasteiger partial charge < -0.3 is 10.8 Å². The van der Waals surface area contributed by atoms with Crippen LogP contribution in [0.3, 0.4) is 0 Å². The molecule has 7 nitrogen and oxygen atoms in total. The summed E-state index contributed by atoms with van der Waals surface area (Å²) < 4.78 is 1.08. The Morgan fingerprint density at radius 3 is 2.71 bits per heavy atom. The van der Waals surface area contributed by atoms with Crippen LogP contribution in [0.4, 0.5) is 0 Å². The molecule has 0 amide bonds. The lowest BCUT2D eigenvalue weighted by Gasteiger charge is -2.10. The minimum Gasteiger partial charge on any atom is -0.494 e. The van der Waals surface area contributed by atoms with Crippen molar-refractivity contribution in [2.24, 2.45) is 10.7 Å². The second kappa shape index (κ2) is 5.33. The van der Waals surface area contributed by atoms with Gasteiger partial charge in [0.15, 0.2) is 0 Å². The van der Waals surface area contributed by atoms with Crippen LogP contribution in [0.2, 0.25) is 0 Å². The highest BCUT2D eigenvalue weighted by Gasteiger charge is 2.16. The Morgan fingerprint density at radius 2 is 2.18 bits per heavy atom. The van der Waals surface area contributed by atoms with Crippen molar-refractivity contribution in [2.75, 3.05) is 7.05 Å². The molecule has 1 aromatic heterocycles. The number of aromatic amines is 1. The number of nitrogens with one attached hydrogen (secondary N) is 1. The van der Waals surface area contributed by atoms with Gasteiger partial charge in [-0.2, -0.15) is 0 Å². The van der Waals surface area contributed by atoms with E-state index in [9.17, 15) is 14.7 Å². The van der Waals surface area contributed by atoms with E-state index in [1.165, 1.54) is 7.05 Å². The predicted octanol–water partition coefficient (Wildman–Crippen LogP) is -0.623. The number of aromatic hydroxyl groups is 1. The van der Waals surface area contributed by atoms with E-state index in [1.54, 1.807) is 0 Å². The van der Waals surface area contributed by atoms with E-state index in [-0.39, 0.29) is 11.4 Å². The molecule has 0 bridgehead atoms. The van der Waals surface area contributed by atoms with Crippen LogP contribution in [0.5, 0.6) is 5.88 Å². The molecule has 0 aromatic carbocycles. The third-order valence-corrected chi connectivity index (χ3v) is 2.40. The van der Waals surface area contributed by atoms with E-state index in [2.05, 4.69) is 9.98 Å².